The van der Waals surface area contributed by atoms with Gasteiger partial charge >= 0.3 is 5.97 Å². The zero-order chi connectivity index (χ0) is 11.5. The number of rotatable bonds is 2. The molecule has 0 aromatic heterocycles. The Labute approximate surface area is 94.9 Å². The Balaban J connectivity index is 2.51. The summed E-state index contributed by atoms with van der Waals surface area (Å²) < 4.78 is 0. The second kappa shape index (κ2) is 4.35. The number of carbonyl (C=O) groups is 1. The lowest BCUT2D eigenvalue weighted by Crippen LogP contribution is -2.07. The van der Waals surface area contributed by atoms with Gasteiger partial charge in [-0.2, -0.15) is 0 Å². The third-order valence-corrected chi connectivity index (χ3v) is 2.90. The molecule has 0 aliphatic heterocycles. The topological polar surface area (TPSA) is 37.3 Å². The van der Waals surface area contributed by atoms with Crippen LogP contribution in [0, 0.1) is 5.92 Å². The van der Waals surface area contributed by atoms with Crippen molar-refractivity contribution in [3.63, 3.8) is 0 Å². The molecule has 0 spiro atoms. The van der Waals surface area contributed by atoms with Crippen molar-refractivity contribution in [2.75, 3.05) is 0 Å². The molecule has 1 unspecified atom stereocenters. The fourth-order valence-corrected chi connectivity index (χ4v) is 2.02. The van der Waals surface area contributed by atoms with Gasteiger partial charge in [0.25, 0.3) is 0 Å². The summed E-state index contributed by atoms with van der Waals surface area (Å²) in [5, 5.41) is 9.14. The molecule has 2 rings (SSSR count). The molecule has 1 aromatic rings. The average Bonchev–Trinajstić information content (AvgIpc) is 2.29. The molecular formula is C14H14O2. The van der Waals surface area contributed by atoms with Gasteiger partial charge in [-0.25, -0.2) is 4.79 Å². The van der Waals surface area contributed by atoms with Crippen LogP contribution in [0.1, 0.15) is 29.3 Å². The van der Waals surface area contributed by atoms with E-state index >= 15 is 0 Å². The van der Waals surface area contributed by atoms with E-state index in [4.69, 9.17) is 5.11 Å². The van der Waals surface area contributed by atoms with E-state index < -0.39 is 5.97 Å². The van der Waals surface area contributed by atoms with Crippen molar-refractivity contribution < 1.29 is 9.90 Å². The summed E-state index contributed by atoms with van der Waals surface area (Å²) in [6.07, 6.45) is 7.08. The zero-order valence-corrected chi connectivity index (χ0v) is 9.18. The lowest BCUT2D eigenvalue weighted by molar-refractivity contribution is 0.0696. The molecular weight excluding hydrogens is 200 g/mol. The second-order valence-corrected chi connectivity index (χ2v) is 4.04. The number of carboxylic acids is 1. The van der Waals surface area contributed by atoms with Gasteiger partial charge in [0.05, 0.1) is 5.56 Å². The molecule has 0 radical (unpaired) electrons. The monoisotopic (exact) mass is 214 g/mol. The molecule has 1 aliphatic rings. The molecule has 1 N–H and O–H groups in total. The Bertz CT molecular complexity index is 469. The minimum atomic E-state index is -0.863. The number of benzene rings is 1. The molecule has 1 aromatic carbocycles. The molecule has 0 amide bonds. The maximum absolute atomic E-state index is 11.1. The first-order valence-electron chi connectivity index (χ1n) is 5.39. The normalized spacial score (nSPS) is 19.3. The smallest absolute Gasteiger partial charge is 0.336 e. The van der Waals surface area contributed by atoms with Crippen LogP contribution < -0.4 is 0 Å². The number of hydrogen-bond acceptors (Lipinski definition) is 1. The molecule has 2 heteroatoms. The van der Waals surface area contributed by atoms with Crippen molar-refractivity contribution in [2.24, 2.45) is 5.92 Å². The Morgan fingerprint density at radius 3 is 2.81 bits per heavy atom. The van der Waals surface area contributed by atoms with Crippen molar-refractivity contribution in [3.05, 3.63) is 53.6 Å². The SMILES string of the molecule is CC1CC=CC=C1c1ccccc1C(=O)O. The Morgan fingerprint density at radius 1 is 1.38 bits per heavy atom. The minimum absolute atomic E-state index is 0.380. The fraction of sp³-hybridized carbons (Fsp3) is 0.214. The van der Waals surface area contributed by atoms with E-state index in [-0.39, 0.29) is 0 Å². The van der Waals surface area contributed by atoms with Gasteiger partial charge in [-0.1, -0.05) is 43.4 Å². The first-order chi connectivity index (χ1) is 7.70. The van der Waals surface area contributed by atoms with Gasteiger partial charge in [-0.15, -0.1) is 0 Å². The maximum Gasteiger partial charge on any atom is 0.336 e. The van der Waals surface area contributed by atoms with Crippen LogP contribution in [0.4, 0.5) is 0 Å². The summed E-state index contributed by atoms with van der Waals surface area (Å²) in [7, 11) is 0. The van der Waals surface area contributed by atoms with Crippen LogP contribution in [0.25, 0.3) is 5.57 Å². The molecule has 0 bridgehead atoms. The number of allylic oxidation sites excluding steroid dienone is 4. The van der Waals surface area contributed by atoms with Crippen LogP contribution in [-0.2, 0) is 0 Å². The van der Waals surface area contributed by atoms with Crippen LogP contribution in [0.3, 0.4) is 0 Å². The molecule has 0 saturated carbocycles. The summed E-state index contributed by atoms with van der Waals surface area (Å²) in [6.45, 7) is 2.12. The molecule has 16 heavy (non-hydrogen) atoms. The van der Waals surface area contributed by atoms with Gasteiger partial charge in [0.2, 0.25) is 0 Å². The van der Waals surface area contributed by atoms with E-state index in [9.17, 15) is 4.79 Å². The largest absolute Gasteiger partial charge is 0.478 e. The van der Waals surface area contributed by atoms with Gasteiger partial charge in [0, 0.05) is 0 Å². The summed E-state index contributed by atoms with van der Waals surface area (Å²) in [5.74, 6) is -0.483. The van der Waals surface area contributed by atoms with Crippen molar-refractivity contribution in [3.8, 4) is 0 Å². The predicted molar refractivity (Wildman–Crippen MR) is 64.3 cm³/mol. The van der Waals surface area contributed by atoms with Gasteiger partial charge in [0.1, 0.15) is 0 Å². The average molecular weight is 214 g/mol. The van der Waals surface area contributed by atoms with E-state index in [1.165, 1.54) is 0 Å². The number of carboxylic acid groups (broad SMARTS) is 1. The van der Waals surface area contributed by atoms with Crippen LogP contribution in [-0.4, -0.2) is 11.1 Å². The van der Waals surface area contributed by atoms with Gasteiger partial charge in [0.15, 0.2) is 0 Å². The standard InChI is InChI=1S/C14H14O2/c1-10-6-2-3-7-11(10)12-8-4-5-9-13(12)14(15)16/h2-5,7-10H,6H2,1H3,(H,15,16). The lowest BCUT2D eigenvalue weighted by atomic mass is 9.86. The summed E-state index contributed by atoms with van der Waals surface area (Å²) in [4.78, 5) is 11.1. The van der Waals surface area contributed by atoms with Crippen molar-refractivity contribution >= 4 is 11.5 Å². The van der Waals surface area contributed by atoms with E-state index in [0.717, 1.165) is 17.6 Å². The zero-order valence-electron chi connectivity index (χ0n) is 9.18. The van der Waals surface area contributed by atoms with Gasteiger partial charge in [-0.05, 0) is 29.5 Å². The Morgan fingerprint density at radius 2 is 2.12 bits per heavy atom. The minimum Gasteiger partial charge on any atom is -0.478 e. The molecule has 2 nitrogen and oxygen atoms in total. The van der Waals surface area contributed by atoms with Crippen LogP contribution in [0.5, 0.6) is 0 Å². The highest BCUT2D eigenvalue weighted by Crippen LogP contribution is 2.31. The highest BCUT2D eigenvalue weighted by molar-refractivity contribution is 5.94. The fourth-order valence-electron chi connectivity index (χ4n) is 2.02. The van der Waals surface area contributed by atoms with Gasteiger partial charge < -0.3 is 5.11 Å². The van der Waals surface area contributed by atoms with Gasteiger partial charge in [-0.3, -0.25) is 0 Å². The third-order valence-electron chi connectivity index (χ3n) is 2.90. The van der Waals surface area contributed by atoms with Crippen LogP contribution in [0.2, 0.25) is 0 Å². The number of aromatic carboxylic acids is 1. The highest BCUT2D eigenvalue weighted by atomic mass is 16.4. The van der Waals surface area contributed by atoms with Crippen molar-refractivity contribution in [2.45, 2.75) is 13.3 Å². The summed E-state index contributed by atoms with van der Waals surface area (Å²) >= 11 is 0. The van der Waals surface area contributed by atoms with E-state index in [1.807, 2.05) is 24.3 Å². The summed E-state index contributed by atoms with van der Waals surface area (Å²) in [5.41, 5.74) is 2.34. The molecule has 1 atom stereocenters. The van der Waals surface area contributed by atoms with Crippen molar-refractivity contribution in [1.82, 2.24) is 0 Å². The Kier molecular flexibility index (Phi) is 2.91. The first-order valence-corrected chi connectivity index (χ1v) is 5.39. The van der Waals surface area contributed by atoms with Crippen molar-refractivity contribution in [1.29, 1.82) is 0 Å². The molecule has 0 fully saturated rings. The van der Waals surface area contributed by atoms with E-state index in [1.54, 1.807) is 12.1 Å². The second-order valence-electron chi connectivity index (χ2n) is 4.04. The quantitative estimate of drug-likeness (QED) is 0.819. The van der Waals surface area contributed by atoms with Crippen LogP contribution in [0.15, 0.2) is 42.5 Å². The molecule has 1 aliphatic carbocycles. The highest BCUT2D eigenvalue weighted by Gasteiger charge is 2.17. The molecule has 82 valence electrons. The van der Waals surface area contributed by atoms with E-state index in [2.05, 4.69) is 13.0 Å². The van der Waals surface area contributed by atoms with E-state index in [0.29, 0.717) is 11.5 Å². The third kappa shape index (κ3) is 1.91. The predicted octanol–water partition coefficient (Wildman–Crippen LogP) is 3.36. The molecule has 0 heterocycles. The lowest BCUT2D eigenvalue weighted by Gasteiger charge is -2.18. The maximum atomic E-state index is 11.1. The Hall–Kier alpha value is -1.83. The molecule has 0 saturated heterocycles. The number of hydrogen-bond donors (Lipinski definition) is 1. The first kappa shape index (κ1) is 10.7. The summed E-state index contributed by atoms with van der Waals surface area (Å²) in [6, 6.07) is 7.18. The van der Waals surface area contributed by atoms with Crippen LogP contribution >= 0.6 is 0 Å².